The second-order valence-electron chi connectivity index (χ2n) is 5.07. The van der Waals surface area contributed by atoms with Gasteiger partial charge in [0, 0.05) is 35.2 Å². The fourth-order valence-electron chi connectivity index (χ4n) is 2.21. The number of aromatic nitrogens is 2. The van der Waals surface area contributed by atoms with Crippen LogP contribution in [0.5, 0.6) is 0 Å². The molecule has 2 aromatic carbocycles. The van der Waals surface area contributed by atoms with Gasteiger partial charge in [0.15, 0.2) is 0 Å². The van der Waals surface area contributed by atoms with Crippen molar-refractivity contribution in [2.45, 2.75) is 0 Å². The second-order valence-corrected chi connectivity index (χ2v) is 5.94. The SMILES string of the molecule is CN(C)c1nc(Nc2cc(Cl)cc(Cl)c2)nc2ccccc12. The summed E-state index contributed by atoms with van der Waals surface area (Å²) in [6.45, 7) is 0. The van der Waals surface area contributed by atoms with Gasteiger partial charge in [-0.3, -0.25) is 0 Å². The number of hydrogen-bond acceptors (Lipinski definition) is 4. The highest BCUT2D eigenvalue weighted by atomic mass is 35.5. The first-order valence-electron chi connectivity index (χ1n) is 6.70. The van der Waals surface area contributed by atoms with Crippen molar-refractivity contribution in [3.63, 3.8) is 0 Å². The molecule has 3 aromatic rings. The molecule has 0 radical (unpaired) electrons. The van der Waals surface area contributed by atoms with Crippen molar-refractivity contribution in [1.82, 2.24) is 9.97 Å². The third-order valence-corrected chi connectivity index (χ3v) is 3.56. The Bertz CT molecular complexity index is 813. The molecular formula is C16H14Cl2N4. The van der Waals surface area contributed by atoms with Crippen LogP contribution in [-0.2, 0) is 0 Å². The van der Waals surface area contributed by atoms with E-state index in [1.54, 1.807) is 18.2 Å². The summed E-state index contributed by atoms with van der Waals surface area (Å²) in [5, 5.41) is 5.28. The van der Waals surface area contributed by atoms with Crippen molar-refractivity contribution in [1.29, 1.82) is 0 Å². The number of halogens is 2. The summed E-state index contributed by atoms with van der Waals surface area (Å²) in [4.78, 5) is 11.1. The van der Waals surface area contributed by atoms with E-state index in [4.69, 9.17) is 23.2 Å². The van der Waals surface area contributed by atoms with Crippen molar-refractivity contribution >= 4 is 51.6 Å². The van der Waals surface area contributed by atoms with Crippen LogP contribution in [0.25, 0.3) is 10.9 Å². The van der Waals surface area contributed by atoms with Gasteiger partial charge in [0.25, 0.3) is 0 Å². The van der Waals surface area contributed by atoms with Crippen molar-refractivity contribution in [2.75, 3.05) is 24.3 Å². The third-order valence-electron chi connectivity index (χ3n) is 3.13. The quantitative estimate of drug-likeness (QED) is 0.751. The first kappa shape index (κ1) is 14.9. The van der Waals surface area contributed by atoms with Gasteiger partial charge in [-0.2, -0.15) is 4.98 Å². The smallest absolute Gasteiger partial charge is 0.229 e. The molecule has 0 saturated carbocycles. The topological polar surface area (TPSA) is 41.1 Å². The van der Waals surface area contributed by atoms with Gasteiger partial charge in [0.1, 0.15) is 5.82 Å². The van der Waals surface area contributed by atoms with Crippen LogP contribution in [0.1, 0.15) is 0 Å². The monoisotopic (exact) mass is 332 g/mol. The number of fused-ring (bicyclic) bond motifs is 1. The second kappa shape index (κ2) is 5.99. The Labute approximate surface area is 138 Å². The Hall–Kier alpha value is -2.04. The molecule has 0 aliphatic carbocycles. The van der Waals surface area contributed by atoms with Gasteiger partial charge in [-0.05, 0) is 30.3 Å². The van der Waals surface area contributed by atoms with Crippen LogP contribution in [-0.4, -0.2) is 24.1 Å². The largest absolute Gasteiger partial charge is 0.362 e. The van der Waals surface area contributed by atoms with Crippen LogP contribution in [0, 0.1) is 0 Å². The van der Waals surface area contributed by atoms with Gasteiger partial charge in [-0.25, -0.2) is 4.98 Å². The van der Waals surface area contributed by atoms with Crippen LogP contribution in [0.15, 0.2) is 42.5 Å². The fourth-order valence-corrected chi connectivity index (χ4v) is 2.74. The third kappa shape index (κ3) is 3.08. The average molecular weight is 333 g/mol. The summed E-state index contributed by atoms with van der Waals surface area (Å²) in [5.74, 6) is 1.35. The van der Waals surface area contributed by atoms with Crippen LogP contribution in [0.3, 0.4) is 0 Å². The lowest BCUT2D eigenvalue weighted by molar-refractivity contribution is 1.06. The Morgan fingerprint density at radius 3 is 2.32 bits per heavy atom. The fraction of sp³-hybridized carbons (Fsp3) is 0.125. The number of benzene rings is 2. The molecule has 0 unspecified atom stereocenters. The molecule has 0 aliphatic heterocycles. The molecule has 0 saturated heterocycles. The maximum Gasteiger partial charge on any atom is 0.229 e. The standard InChI is InChI=1S/C16H14Cl2N4/c1-22(2)15-13-5-3-4-6-14(13)20-16(21-15)19-12-8-10(17)7-11(18)9-12/h3-9H,1-2H3,(H,19,20,21). The highest BCUT2D eigenvalue weighted by Gasteiger charge is 2.09. The van der Waals surface area contributed by atoms with Gasteiger partial charge in [-0.15, -0.1) is 0 Å². The number of hydrogen-bond donors (Lipinski definition) is 1. The highest BCUT2D eigenvalue weighted by Crippen LogP contribution is 2.27. The van der Waals surface area contributed by atoms with Crippen molar-refractivity contribution in [2.24, 2.45) is 0 Å². The van der Waals surface area contributed by atoms with E-state index in [-0.39, 0.29) is 0 Å². The van der Waals surface area contributed by atoms with Crippen LogP contribution in [0.4, 0.5) is 17.5 Å². The predicted octanol–water partition coefficient (Wildman–Crippen LogP) is 4.75. The lowest BCUT2D eigenvalue weighted by atomic mass is 10.2. The van der Waals surface area contributed by atoms with E-state index in [9.17, 15) is 0 Å². The molecule has 1 N–H and O–H groups in total. The number of para-hydroxylation sites is 1. The molecular weight excluding hydrogens is 319 g/mol. The number of nitrogens with zero attached hydrogens (tertiary/aromatic N) is 3. The lowest BCUT2D eigenvalue weighted by Crippen LogP contribution is -2.13. The molecule has 1 heterocycles. The van der Waals surface area contributed by atoms with E-state index in [0.29, 0.717) is 16.0 Å². The Morgan fingerprint density at radius 1 is 0.955 bits per heavy atom. The van der Waals surface area contributed by atoms with Gasteiger partial charge >= 0.3 is 0 Å². The molecule has 0 spiro atoms. The zero-order chi connectivity index (χ0) is 15.7. The summed E-state index contributed by atoms with van der Waals surface area (Å²) < 4.78 is 0. The molecule has 3 rings (SSSR count). The summed E-state index contributed by atoms with van der Waals surface area (Å²) in [6, 6.07) is 13.1. The number of rotatable bonds is 3. The van der Waals surface area contributed by atoms with Crippen molar-refractivity contribution in [3.8, 4) is 0 Å². The first-order valence-corrected chi connectivity index (χ1v) is 7.46. The van der Waals surface area contributed by atoms with E-state index in [1.165, 1.54) is 0 Å². The lowest BCUT2D eigenvalue weighted by Gasteiger charge is -2.16. The normalized spacial score (nSPS) is 10.7. The average Bonchev–Trinajstić information content (AvgIpc) is 2.45. The summed E-state index contributed by atoms with van der Waals surface area (Å²) in [5.41, 5.74) is 1.62. The van der Waals surface area contributed by atoms with E-state index >= 15 is 0 Å². The minimum atomic E-state index is 0.501. The van der Waals surface area contributed by atoms with Crippen LogP contribution in [0.2, 0.25) is 10.0 Å². The van der Waals surface area contributed by atoms with Gasteiger partial charge in [-0.1, -0.05) is 35.3 Å². The molecule has 6 heteroatoms. The summed E-state index contributed by atoms with van der Waals surface area (Å²) in [7, 11) is 3.91. The van der Waals surface area contributed by atoms with E-state index < -0.39 is 0 Å². The number of anilines is 3. The zero-order valence-corrected chi connectivity index (χ0v) is 13.7. The summed E-state index contributed by atoms with van der Waals surface area (Å²) >= 11 is 12.0. The number of nitrogens with one attached hydrogen (secondary N) is 1. The Balaban J connectivity index is 2.07. The molecule has 1 aromatic heterocycles. The van der Waals surface area contributed by atoms with Crippen LogP contribution >= 0.6 is 23.2 Å². The zero-order valence-electron chi connectivity index (χ0n) is 12.1. The Kier molecular flexibility index (Phi) is 4.05. The minimum Gasteiger partial charge on any atom is -0.362 e. The predicted molar refractivity (Wildman–Crippen MR) is 93.6 cm³/mol. The molecule has 4 nitrogen and oxygen atoms in total. The van der Waals surface area contributed by atoms with Crippen LogP contribution < -0.4 is 10.2 Å². The van der Waals surface area contributed by atoms with E-state index in [0.717, 1.165) is 22.4 Å². The molecule has 0 fully saturated rings. The van der Waals surface area contributed by atoms with Crippen molar-refractivity contribution in [3.05, 3.63) is 52.5 Å². The molecule has 0 atom stereocenters. The van der Waals surface area contributed by atoms with Crippen molar-refractivity contribution < 1.29 is 0 Å². The van der Waals surface area contributed by atoms with E-state index in [1.807, 2.05) is 43.3 Å². The summed E-state index contributed by atoms with van der Waals surface area (Å²) in [6.07, 6.45) is 0. The molecule has 0 aliphatic rings. The first-order chi connectivity index (χ1) is 10.5. The van der Waals surface area contributed by atoms with Gasteiger partial charge < -0.3 is 10.2 Å². The molecule has 0 amide bonds. The van der Waals surface area contributed by atoms with E-state index in [2.05, 4.69) is 15.3 Å². The molecule has 0 bridgehead atoms. The maximum absolute atomic E-state index is 6.02. The Morgan fingerprint density at radius 2 is 1.64 bits per heavy atom. The van der Waals surface area contributed by atoms with Gasteiger partial charge in [0.05, 0.1) is 5.52 Å². The maximum atomic E-state index is 6.02. The molecule has 112 valence electrons. The highest BCUT2D eigenvalue weighted by molar-refractivity contribution is 6.35. The van der Waals surface area contributed by atoms with Gasteiger partial charge in [0.2, 0.25) is 5.95 Å². The molecule has 22 heavy (non-hydrogen) atoms. The minimum absolute atomic E-state index is 0.501.